The van der Waals surface area contributed by atoms with Crippen LogP contribution < -0.4 is 0 Å². The molecule has 1 saturated carbocycles. The van der Waals surface area contributed by atoms with Crippen molar-refractivity contribution in [3.8, 4) is 0 Å². The molecule has 0 spiro atoms. The quantitative estimate of drug-likeness (QED) is 0.673. The van der Waals surface area contributed by atoms with E-state index in [-0.39, 0.29) is 12.7 Å². The van der Waals surface area contributed by atoms with Crippen LogP contribution in [-0.2, 0) is 0 Å². The predicted octanol–water partition coefficient (Wildman–Crippen LogP) is 0.994. The summed E-state index contributed by atoms with van der Waals surface area (Å²) in [5, 5.41) is 18.7. The van der Waals surface area contributed by atoms with E-state index in [0.29, 0.717) is 12.6 Å². The van der Waals surface area contributed by atoms with Crippen LogP contribution in [-0.4, -0.2) is 47.0 Å². The van der Waals surface area contributed by atoms with E-state index in [9.17, 15) is 5.11 Å². The minimum Gasteiger partial charge on any atom is -0.395 e. The van der Waals surface area contributed by atoms with E-state index >= 15 is 0 Å². The third kappa shape index (κ3) is 3.23. The van der Waals surface area contributed by atoms with Gasteiger partial charge in [-0.25, -0.2) is 0 Å². The fourth-order valence-electron chi connectivity index (χ4n) is 2.28. The van der Waals surface area contributed by atoms with Gasteiger partial charge in [-0.05, 0) is 32.2 Å². The third-order valence-corrected chi connectivity index (χ3v) is 3.10. The molecule has 0 aliphatic heterocycles. The molecule has 0 bridgehead atoms. The van der Waals surface area contributed by atoms with Crippen molar-refractivity contribution in [2.24, 2.45) is 0 Å². The number of rotatable bonds is 6. The normalized spacial score (nSPS) is 27.4. The van der Waals surface area contributed by atoms with Crippen molar-refractivity contribution in [1.29, 1.82) is 0 Å². The molecule has 0 radical (unpaired) electrons. The molecule has 14 heavy (non-hydrogen) atoms. The van der Waals surface area contributed by atoms with Crippen LogP contribution in [0.1, 0.15) is 39.0 Å². The molecular weight excluding hydrogens is 178 g/mol. The minimum atomic E-state index is -0.168. The Balaban J connectivity index is 2.39. The average Bonchev–Trinajstić information content (AvgIpc) is 2.59. The van der Waals surface area contributed by atoms with Gasteiger partial charge in [-0.2, -0.15) is 0 Å². The molecule has 1 fully saturated rings. The topological polar surface area (TPSA) is 43.7 Å². The van der Waals surface area contributed by atoms with Gasteiger partial charge in [0.2, 0.25) is 0 Å². The van der Waals surface area contributed by atoms with Crippen molar-refractivity contribution in [2.45, 2.75) is 51.2 Å². The summed E-state index contributed by atoms with van der Waals surface area (Å²) >= 11 is 0. The van der Waals surface area contributed by atoms with E-state index < -0.39 is 0 Å². The summed E-state index contributed by atoms with van der Waals surface area (Å²) in [6, 6.07) is 0.300. The highest BCUT2D eigenvalue weighted by molar-refractivity contribution is 4.84. The van der Waals surface area contributed by atoms with Gasteiger partial charge in [0.05, 0.1) is 12.7 Å². The van der Waals surface area contributed by atoms with E-state index in [1.54, 1.807) is 0 Å². The summed E-state index contributed by atoms with van der Waals surface area (Å²) in [7, 11) is 0. The Morgan fingerprint density at radius 3 is 2.57 bits per heavy atom. The number of aliphatic hydroxyl groups excluding tert-OH is 2. The van der Waals surface area contributed by atoms with Gasteiger partial charge in [-0.1, -0.05) is 13.3 Å². The molecule has 1 aliphatic rings. The Morgan fingerprint density at radius 2 is 2.07 bits per heavy atom. The molecule has 0 amide bonds. The SMILES string of the molecule is CCCCN(CCO)[C@H]1CCC[C@@H]1O. The van der Waals surface area contributed by atoms with Crippen LogP contribution in [0.15, 0.2) is 0 Å². The zero-order valence-electron chi connectivity index (χ0n) is 9.15. The smallest absolute Gasteiger partial charge is 0.0695 e. The first-order valence-electron chi connectivity index (χ1n) is 5.82. The van der Waals surface area contributed by atoms with Gasteiger partial charge in [-0.3, -0.25) is 4.90 Å². The van der Waals surface area contributed by atoms with Crippen LogP contribution in [0.3, 0.4) is 0 Å². The molecule has 0 heterocycles. The number of aliphatic hydroxyl groups is 2. The lowest BCUT2D eigenvalue weighted by molar-refractivity contribution is 0.0585. The van der Waals surface area contributed by atoms with Crippen molar-refractivity contribution in [3.63, 3.8) is 0 Å². The monoisotopic (exact) mass is 201 g/mol. The highest BCUT2D eigenvalue weighted by atomic mass is 16.3. The second-order valence-electron chi connectivity index (χ2n) is 4.18. The van der Waals surface area contributed by atoms with Gasteiger partial charge in [0, 0.05) is 12.6 Å². The highest BCUT2D eigenvalue weighted by Crippen LogP contribution is 2.24. The standard InChI is InChI=1S/C11H23NO2/c1-2-3-7-12(8-9-13)10-5-4-6-11(10)14/h10-11,13-14H,2-9H2,1H3/t10-,11-/m0/s1. The number of nitrogens with zero attached hydrogens (tertiary/aromatic N) is 1. The zero-order chi connectivity index (χ0) is 10.4. The third-order valence-electron chi connectivity index (χ3n) is 3.10. The van der Waals surface area contributed by atoms with Crippen molar-refractivity contribution >= 4 is 0 Å². The van der Waals surface area contributed by atoms with E-state index in [0.717, 1.165) is 32.2 Å². The first kappa shape index (κ1) is 12.0. The maximum Gasteiger partial charge on any atom is 0.0695 e. The van der Waals surface area contributed by atoms with Gasteiger partial charge in [-0.15, -0.1) is 0 Å². The lowest BCUT2D eigenvalue weighted by atomic mass is 10.1. The van der Waals surface area contributed by atoms with Gasteiger partial charge in [0.15, 0.2) is 0 Å². The van der Waals surface area contributed by atoms with E-state index in [1.807, 2.05) is 0 Å². The molecule has 0 unspecified atom stereocenters. The molecule has 0 aromatic carbocycles. The summed E-state index contributed by atoms with van der Waals surface area (Å²) in [5.74, 6) is 0. The van der Waals surface area contributed by atoms with Crippen molar-refractivity contribution in [2.75, 3.05) is 19.7 Å². The van der Waals surface area contributed by atoms with E-state index in [4.69, 9.17) is 5.11 Å². The van der Waals surface area contributed by atoms with Crippen LogP contribution >= 0.6 is 0 Å². The Morgan fingerprint density at radius 1 is 1.29 bits per heavy atom. The molecule has 2 atom stereocenters. The Labute approximate surface area is 86.7 Å². The maximum atomic E-state index is 9.76. The fourth-order valence-corrected chi connectivity index (χ4v) is 2.28. The second-order valence-corrected chi connectivity index (χ2v) is 4.18. The first-order valence-corrected chi connectivity index (χ1v) is 5.82. The predicted molar refractivity (Wildman–Crippen MR) is 57.2 cm³/mol. The van der Waals surface area contributed by atoms with Gasteiger partial charge in [0.1, 0.15) is 0 Å². The van der Waals surface area contributed by atoms with Crippen LogP contribution in [0.4, 0.5) is 0 Å². The van der Waals surface area contributed by atoms with Gasteiger partial charge < -0.3 is 10.2 Å². The second kappa shape index (κ2) is 6.38. The van der Waals surface area contributed by atoms with Crippen LogP contribution in [0.5, 0.6) is 0 Å². The molecular formula is C11H23NO2. The minimum absolute atomic E-state index is 0.168. The molecule has 3 heteroatoms. The van der Waals surface area contributed by atoms with Crippen molar-refractivity contribution < 1.29 is 10.2 Å². The number of hydrogen-bond donors (Lipinski definition) is 2. The van der Waals surface area contributed by atoms with Gasteiger partial charge in [0.25, 0.3) is 0 Å². The van der Waals surface area contributed by atoms with Crippen LogP contribution in [0.25, 0.3) is 0 Å². The molecule has 84 valence electrons. The summed E-state index contributed by atoms with van der Waals surface area (Å²) in [6.45, 7) is 4.09. The van der Waals surface area contributed by atoms with E-state index in [1.165, 1.54) is 6.42 Å². The lowest BCUT2D eigenvalue weighted by Crippen LogP contribution is -2.42. The summed E-state index contributed by atoms with van der Waals surface area (Å²) in [6.07, 6.45) is 5.30. The lowest BCUT2D eigenvalue weighted by Gasteiger charge is -2.30. The number of unbranched alkanes of at least 4 members (excludes halogenated alkanes) is 1. The summed E-state index contributed by atoms with van der Waals surface area (Å²) in [4.78, 5) is 2.25. The Bertz CT molecular complexity index is 152. The van der Waals surface area contributed by atoms with Crippen LogP contribution in [0, 0.1) is 0 Å². The average molecular weight is 201 g/mol. The largest absolute Gasteiger partial charge is 0.395 e. The van der Waals surface area contributed by atoms with Gasteiger partial charge >= 0.3 is 0 Å². The molecule has 3 nitrogen and oxygen atoms in total. The number of hydrogen-bond acceptors (Lipinski definition) is 3. The molecule has 1 rings (SSSR count). The highest BCUT2D eigenvalue weighted by Gasteiger charge is 2.29. The van der Waals surface area contributed by atoms with Crippen LogP contribution in [0.2, 0.25) is 0 Å². The van der Waals surface area contributed by atoms with Crippen molar-refractivity contribution in [3.05, 3.63) is 0 Å². The van der Waals surface area contributed by atoms with Crippen molar-refractivity contribution in [1.82, 2.24) is 4.90 Å². The summed E-state index contributed by atoms with van der Waals surface area (Å²) < 4.78 is 0. The zero-order valence-corrected chi connectivity index (χ0v) is 9.15. The Kier molecular flexibility index (Phi) is 5.45. The Hall–Kier alpha value is -0.120. The molecule has 2 N–H and O–H groups in total. The molecule has 0 aromatic heterocycles. The molecule has 0 saturated heterocycles. The molecule has 1 aliphatic carbocycles. The first-order chi connectivity index (χ1) is 6.79. The summed E-state index contributed by atoms with van der Waals surface area (Å²) in [5.41, 5.74) is 0. The fraction of sp³-hybridized carbons (Fsp3) is 1.00. The van der Waals surface area contributed by atoms with E-state index in [2.05, 4.69) is 11.8 Å². The maximum absolute atomic E-state index is 9.76. The molecule has 0 aromatic rings.